The summed E-state index contributed by atoms with van der Waals surface area (Å²) < 4.78 is 2.19. The summed E-state index contributed by atoms with van der Waals surface area (Å²) in [6.07, 6.45) is 1.74. The summed E-state index contributed by atoms with van der Waals surface area (Å²) in [7, 11) is 0. The summed E-state index contributed by atoms with van der Waals surface area (Å²) in [5, 5.41) is 3.74. The van der Waals surface area contributed by atoms with Crippen molar-refractivity contribution in [2.45, 2.75) is 6.92 Å². The van der Waals surface area contributed by atoms with Crippen LogP contribution in [0.15, 0.2) is 16.0 Å². The maximum absolute atomic E-state index is 5.95. The normalized spacial score (nSPS) is 10.9. The highest BCUT2D eigenvalue weighted by Gasteiger charge is 2.08. The van der Waals surface area contributed by atoms with E-state index in [2.05, 4.69) is 26.3 Å². The molecule has 0 unspecified atom stereocenters. The molecular weight excluding hydrogens is 258 g/mol. The Bertz CT molecular complexity index is 438. The molecule has 1 nitrogen and oxygen atoms in total. The van der Waals surface area contributed by atoms with E-state index in [9.17, 15) is 0 Å². The summed E-state index contributed by atoms with van der Waals surface area (Å²) in [6, 6.07) is 0. The molecule has 0 fully saturated rings. The molecule has 62 valence electrons. The first-order valence-corrected chi connectivity index (χ1v) is 5.43. The van der Waals surface area contributed by atoms with Crippen molar-refractivity contribution in [3.8, 4) is 0 Å². The van der Waals surface area contributed by atoms with E-state index in [0.29, 0.717) is 5.15 Å². The molecule has 0 saturated heterocycles. The van der Waals surface area contributed by atoms with Crippen LogP contribution in [-0.4, -0.2) is 4.98 Å². The van der Waals surface area contributed by atoms with Crippen molar-refractivity contribution in [2.24, 2.45) is 0 Å². The van der Waals surface area contributed by atoms with E-state index in [4.69, 9.17) is 11.6 Å². The molecule has 0 aliphatic rings. The van der Waals surface area contributed by atoms with Crippen LogP contribution < -0.4 is 0 Å². The van der Waals surface area contributed by atoms with Gasteiger partial charge in [0.25, 0.3) is 0 Å². The molecule has 0 aromatic carbocycles. The summed E-state index contributed by atoms with van der Waals surface area (Å²) in [6.45, 7) is 2.04. The third kappa shape index (κ3) is 1.16. The van der Waals surface area contributed by atoms with Crippen molar-refractivity contribution in [1.82, 2.24) is 4.98 Å². The van der Waals surface area contributed by atoms with Gasteiger partial charge in [-0.2, -0.15) is 0 Å². The van der Waals surface area contributed by atoms with Crippen LogP contribution in [0.25, 0.3) is 10.1 Å². The summed E-state index contributed by atoms with van der Waals surface area (Å²) in [5.41, 5.74) is 1.19. The first kappa shape index (κ1) is 8.48. The smallest absolute Gasteiger partial charge is 0.138 e. The summed E-state index contributed by atoms with van der Waals surface area (Å²) >= 11 is 11.1. The fourth-order valence-electron chi connectivity index (χ4n) is 1.11. The van der Waals surface area contributed by atoms with Gasteiger partial charge in [-0.3, -0.25) is 0 Å². The van der Waals surface area contributed by atoms with Gasteiger partial charge in [0.05, 0.1) is 9.17 Å². The lowest BCUT2D eigenvalue weighted by atomic mass is 10.2. The maximum Gasteiger partial charge on any atom is 0.138 e. The van der Waals surface area contributed by atoms with Crippen LogP contribution in [0.5, 0.6) is 0 Å². The van der Waals surface area contributed by atoms with Gasteiger partial charge in [0, 0.05) is 11.6 Å². The van der Waals surface area contributed by atoms with Crippen molar-refractivity contribution in [3.05, 3.63) is 26.8 Å². The monoisotopic (exact) mass is 261 g/mol. The molecule has 0 spiro atoms. The highest BCUT2D eigenvalue weighted by atomic mass is 79.9. The number of pyridine rings is 1. The standard InChI is InChI=1S/C8H5BrClNS/c1-4-3-12-7-5(9)2-11-8(10)6(4)7/h2-3H,1H3. The molecule has 2 aromatic heterocycles. The minimum absolute atomic E-state index is 0.590. The molecule has 0 aliphatic carbocycles. The quantitative estimate of drug-likeness (QED) is 0.654. The Morgan fingerprint density at radius 2 is 2.33 bits per heavy atom. The minimum atomic E-state index is 0.590. The molecule has 0 bridgehead atoms. The molecule has 0 atom stereocenters. The van der Waals surface area contributed by atoms with Crippen molar-refractivity contribution < 1.29 is 0 Å². The number of nitrogens with zero attached hydrogens (tertiary/aromatic N) is 1. The SMILES string of the molecule is Cc1csc2c(Br)cnc(Cl)c12. The zero-order chi connectivity index (χ0) is 8.72. The van der Waals surface area contributed by atoms with Gasteiger partial charge in [-0.15, -0.1) is 11.3 Å². The van der Waals surface area contributed by atoms with Gasteiger partial charge < -0.3 is 0 Å². The predicted molar refractivity (Wildman–Crippen MR) is 57.1 cm³/mol. The Kier molecular flexibility index (Phi) is 2.10. The van der Waals surface area contributed by atoms with Gasteiger partial charge in [-0.25, -0.2) is 4.98 Å². The lowest BCUT2D eigenvalue weighted by Gasteiger charge is -1.96. The van der Waals surface area contributed by atoms with Crippen LogP contribution in [0.4, 0.5) is 0 Å². The topological polar surface area (TPSA) is 12.9 Å². The van der Waals surface area contributed by atoms with Gasteiger partial charge in [0.1, 0.15) is 5.15 Å². The van der Waals surface area contributed by atoms with E-state index in [1.165, 1.54) is 10.3 Å². The second-order valence-corrected chi connectivity index (χ2v) is 4.61. The first-order chi connectivity index (χ1) is 5.70. The third-order valence-electron chi connectivity index (χ3n) is 1.69. The van der Waals surface area contributed by atoms with E-state index in [-0.39, 0.29) is 0 Å². The van der Waals surface area contributed by atoms with Crippen LogP contribution >= 0.6 is 38.9 Å². The molecular formula is C8H5BrClNS. The van der Waals surface area contributed by atoms with Gasteiger partial charge in [-0.05, 0) is 33.8 Å². The molecule has 2 aromatic rings. The zero-order valence-corrected chi connectivity index (χ0v) is 9.42. The van der Waals surface area contributed by atoms with Crippen LogP contribution in [0, 0.1) is 6.92 Å². The molecule has 0 aliphatic heterocycles. The van der Waals surface area contributed by atoms with Crippen molar-refractivity contribution in [1.29, 1.82) is 0 Å². The van der Waals surface area contributed by atoms with Crippen LogP contribution in [-0.2, 0) is 0 Å². The summed E-state index contributed by atoms with van der Waals surface area (Å²) in [5.74, 6) is 0. The average molecular weight is 263 g/mol. The number of hydrogen-bond acceptors (Lipinski definition) is 2. The number of fused-ring (bicyclic) bond motifs is 1. The number of thiophene rings is 1. The van der Waals surface area contributed by atoms with Gasteiger partial charge in [0.2, 0.25) is 0 Å². The lowest BCUT2D eigenvalue weighted by Crippen LogP contribution is -1.77. The molecule has 0 saturated carbocycles. The zero-order valence-electron chi connectivity index (χ0n) is 6.27. The number of halogens is 2. The fraction of sp³-hybridized carbons (Fsp3) is 0.125. The van der Waals surface area contributed by atoms with E-state index >= 15 is 0 Å². The minimum Gasteiger partial charge on any atom is -0.243 e. The van der Waals surface area contributed by atoms with E-state index in [0.717, 1.165) is 9.86 Å². The molecule has 2 rings (SSSR count). The molecule has 0 amide bonds. The largest absolute Gasteiger partial charge is 0.243 e. The van der Waals surface area contributed by atoms with Gasteiger partial charge in [0.15, 0.2) is 0 Å². The Morgan fingerprint density at radius 1 is 1.58 bits per heavy atom. The third-order valence-corrected chi connectivity index (χ3v) is 3.97. The first-order valence-electron chi connectivity index (χ1n) is 3.38. The Hall–Kier alpha value is -0.120. The lowest BCUT2D eigenvalue weighted by molar-refractivity contribution is 1.35. The number of hydrogen-bond donors (Lipinski definition) is 0. The Balaban J connectivity index is 2.98. The van der Waals surface area contributed by atoms with Gasteiger partial charge >= 0.3 is 0 Å². The Labute approximate surface area is 87.5 Å². The predicted octanol–water partition coefficient (Wildman–Crippen LogP) is 4.02. The fourth-order valence-corrected chi connectivity index (χ4v) is 3.00. The van der Waals surface area contributed by atoms with E-state index in [1.54, 1.807) is 17.5 Å². The van der Waals surface area contributed by atoms with Crippen LogP contribution in [0.3, 0.4) is 0 Å². The van der Waals surface area contributed by atoms with Crippen LogP contribution in [0.1, 0.15) is 5.56 Å². The molecule has 4 heteroatoms. The van der Waals surface area contributed by atoms with Crippen LogP contribution in [0.2, 0.25) is 5.15 Å². The average Bonchev–Trinajstić information content (AvgIpc) is 2.42. The number of aryl methyl sites for hydroxylation is 1. The van der Waals surface area contributed by atoms with E-state index in [1.807, 2.05) is 6.92 Å². The van der Waals surface area contributed by atoms with E-state index < -0.39 is 0 Å². The number of rotatable bonds is 0. The number of aromatic nitrogens is 1. The maximum atomic E-state index is 5.95. The molecule has 2 heterocycles. The van der Waals surface area contributed by atoms with Crippen molar-refractivity contribution >= 4 is 49.0 Å². The second kappa shape index (κ2) is 2.98. The molecule has 0 radical (unpaired) electrons. The highest BCUT2D eigenvalue weighted by molar-refractivity contribution is 9.10. The molecule has 0 N–H and O–H groups in total. The molecule has 12 heavy (non-hydrogen) atoms. The summed E-state index contributed by atoms with van der Waals surface area (Å²) in [4.78, 5) is 4.07. The second-order valence-electron chi connectivity index (χ2n) is 2.52. The van der Waals surface area contributed by atoms with Crippen molar-refractivity contribution in [3.63, 3.8) is 0 Å². The highest BCUT2D eigenvalue weighted by Crippen LogP contribution is 2.34. The van der Waals surface area contributed by atoms with Crippen molar-refractivity contribution in [2.75, 3.05) is 0 Å². The Morgan fingerprint density at radius 3 is 3.00 bits per heavy atom. The van der Waals surface area contributed by atoms with Gasteiger partial charge in [-0.1, -0.05) is 11.6 Å².